The summed E-state index contributed by atoms with van der Waals surface area (Å²) in [4.78, 5) is 45.8. The van der Waals surface area contributed by atoms with Crippen molar-refractivity contribution in [3.8, 4) is 0 Å². The topological polar surface area (TPSA) is 105 Å². The first-order valence-electron chi connectivity index (χ1n) is 7.63. The lowest BCUT2D eigenvalue weighted by Gasteiger charge is -2.20. The van der Waals surface area contributed by atoms with E-state index in [0.29, 0.717) is 0 Å². The van der Waals surface area contributed by atoms with Crippen LogP contribution in [0, 0.1) is 0 Å². The van der Waals surface area contributed by atoms with Crippen LogP contribution >= 0.6 is 0 Å². The van der Waals surface area contributed by atoms with E-state index in [4.69, 9.17) is 17.7 Å². The van der Waals surface area contributed by atoms with Crippen LogP contribution in [0.2, 0.25) is 5.67 Å². The fourth-order valence-electron chi connectivity index (χ4n) is 1.32. The zero-order valence-electron chi connectivity index (χ0n) is 14.0. The highest BCUT2D eigenvalue weighted by Gasteiger charge is 2.33. The molecular weight excluding hydrogens is 340 g/mol. The van der Waals surface area contributed by atoms with E-state index in [2.05, 4.69) is 0 Å². The van der Waals surface area contributed by atoms with Crippen molar-refractivity contribution in [2.24, 2.45) is 0 Å². The number of carbonyl (C=O) groups excluding carboxylic acids is 4. The Bertz CT molecular complexity index is 352. The zero-order chi connectivity index (χ0) is 17.8. The lowest BCUT2D eigenvalue weighted by Crippen LogP contribution is -2.39. The summed E-state index contributed by atoms with van der Waals surface area (Å²) < 4.78 is 20.6. The minimum Gasteiger partial charge on any atom is -0.487 e. The number of rotatable bonds is 10. The monoisotopic (exact) mass is 364 g/mol. The van der Waals surface area contributed by atoms with Crippen LogP contribution in [-0.4, -0.2) is 42.4 Å². The molecule has 0 aromatic heterocycles. The van der Waals surface area contributed by atoms with Gasteiger partial charge in [-0.1, -0.05) is 27.7 Å². The van der Waals surface area contributed by atoms with Gasteiger partial charge in [0.2, 0.25) is 0 Å². The summed E-state index contributed by atoms with van der Waals surface area (Å²) in [6.07, 6.45) is 0.511. The minimum atomic E-state index is -2.77. The maximum absolute atomic E-state index is 11.5. The molecule has 0 aromatic carbocycles. The molecule has 0 unspecified atom stereocenters. The Labute approximate surface area is 139 Å². The second-order valence-corrected chi connectivity index (χ2v) is 9.02. The quantitative estimate of drug-likeness (QED) is 0.524. The van der Waals surface area contributed by atoms with E-state index in [9.17, 15) is 19.2 Å². The molecule has 10 heteroatoms. The van der Waals surface area contributed by atoms with E-state index >= 15 is 0 Å². The first-order valence-corrected chi connectivity index (χ1v) is 11.2. The maximum Gasteiger partial charge on any atom is 0.452 e. The van der Waals surface area contributed by atoms with E-state index in [1.54, 1.807) is 27.7 Å². The molecule has 0 amide bonds. The third-order valence-corrected chi connectivity index (χ3v) is 7.77. The first kappa shape index (κ1) is 21.3. The largest absolute Gasteiger partial charge is 0.487 e. The van der Waals surface area contributed by atoms with Gasteiger partial charge in [0, 0.05) is 25.7 Å². The third-order valence-electron chi connectivity index (χ3n) is 2.59. The Kier molecular flexibility index (Phi) is 11.0. The summed E-state index contributed by atoms with van der Waals surface area (Å²) in [5.74, 6) is -2.05. The summed E-state index contributed by atoms with van der Waals surface area (Å²) in [5, 5.41) is 0. The van der Waals surface area contributed by atoms with Crippen molar-refractivity contribution in [1.82, 2.24) is 0 Å². The van der Waals surface area contributed by atoms with Crippen molar-refractivity contribution < 1.29 is 36.9 Å². The molecule has 0 heterocycles. The Morgan fingerprint density at radius 1 is 0.565 bits per heavy atom. The lowest BCUT2D eigenvalue weighted by molar-refractivity contribution is -0.140. The Morgan fingerprint density at radius 2 is 0.783 bits per heavy atom. The lowest BCUT2D eigenvalue weighted by atomic mass is 10.5. The highest BCUT2D eigenvalue weighted by Crippen LogP contribution is 2.09. The van der Waals surface area contributed by atoms with Crippen LogP contribution in [0.1, 0.15) is 53.4 Å². The SMILES string of the molecule is CCC(=O)O[SiH](C[SiH](OC(=O)CC)OC(=O)CC)OC(=O)CC. The highest BCUT2D eigenvalue weighted by molar-refractivity contribution is 6.67. The Hall–Kier alpha value is -1.69. The van der Waals surface area contributed by atoms with Gasteiger partial charge in [-0.05, 0) is 0 Å². The molecule has 0 rings (SSSR count). The van der Waals surface area contributed by atoms with Gasteiger partial charge < -0.3 is 17.7 Å². The van der Waals surface area contributed by atoms with Crippen LogP contribution < -0.4 is 0 Å². The van der Waals surface area contributed by atoms with E-state index in [1.807, 2.05) is 0 Å². The second kappa shape index (κ2) is 11.8. The van der Waals surface area contributed by atoms with Gasteiger partial charge in [-0.3, -0.25) is 19.2 Å². The smallest absolute Gasteiger partial charge is 0.452 e. The standard InChI is InChI=1S/C13H24O8Si2/c1-5-10(14)18-22(19-11(15)6-2)9-23(20-12(16)7-3)21-13(17)8-4/h22-23H,5-9H2,1-4H3. The predicted molar refractivity (Wildman–Crippen MR) is 84.6 cm³/mol. The highest BCUT2D eigenvalue weighted by atomic mass is 28.4. The average Bonchev–Trinajstić information content (AvgIpc) is 2.53. The Morgan fingerprint density at radius 3 is 0.957 bits per heavy atom. The summed E-state index contributed by atoms with van der Waals surface area (Å²) in [6.45, 7) is 6.44. The molecule has 0 aliphatic rings. The number of hydrogen-bond acceptors (Lipinski definition) is 8. The molecule has 8 nitrogen and oxygen atoms in total. The van der Waals surface area contributed by atoms with Crippen LogP contribution in [0.5, 0.6) is 0 Å². The van der Waals surface area contributed by atoms with Crippen molar-refractivity contribution in [1.29, 1.82) is 0 Å². The molecule has 0 bridgehead atoms. The van der Waals surface area contributed by atoms with Crippen LogP contribution in [0.25, 0.3) is 0 Å². The predicted octanol–water partition coefficient (Wildman–Crippen LogP) is 0.779. The summed E-state index contributed by atoms with van der Waals surface area (Å²) in [7, 11) is -5.55. The summed E-state index contributed by atoms with van der Waals surface area (Å²) >= 11 is 0. The minimum absolute atomic E-state index is 0.00500. The molecule has 0 atom stereocenters. The van der Waals surface area contributed by atoms with Gasteiger partial charge in [-0.25, -0.2) is 0 Å². The van der Waals surface area contributed by atoms with Gasteiger partial charge in [0.15, 0.2) is 0 Å². The second-order valence-electron chi connectivity index (χ2n) is 4.47. The van der Waals surface area contributed by atoms with Gasteiger partial charge in [0.05, 0.1) is 5.67 Å². The molecule has 0 aliphatic carbocycles. The Balaban J connectivity index is 4.97. The fraction of sp³-hybridized carbons (Fsp3) is 0.692. The summed E-state index contributed by atoms with van der Waals surface area (Å²) in [6, 6.07) is 0. The van der Waals surface area contributed by atoms with Gasteiger partial charge in [0.25, 0.3) is 23.9 Å². The van der Waals surface area contributed by atoms with Crippen molar-refractivity contribution in [3.05, 3.63) is 0 Å². The van der Waals surface area contributed by atoms with E-state index in [-0.39, 0.29) is 31.4 Å². The van der Waals surface area contributed by atoms with Crippen molar-refractivity contribution in [3.63, 3.8) is 0 Å². The van der Waals surface area contributed by atoms with Crippen LogP contribution in [0.4, 0.5) is 0 Å². The molecule has 0 N–H and O–H groups in total. The van der Waals surface area contributed by atoms with Gasteiger partial charge in [-0.15, -0.1) is 0 Å². The maximum atomic E-state index is 11.5. The van der Waals surface area contributed by atoms with Gasteiger partial charge in [0.1, 0.15) is 0 Å². The zero-order valence-corrected chi connectivity index (χ0v) is 16.3. The van der Waals surface area contributed by atoms with Crippen LogP contribution in [0.15, 0.2) is 0 Å². The van der Waals surface area contributed by atoms with Crippen LogP contribution in [0.3, 0.4) is 0 Å². The molecule has 0 aliphatic heterocycles. The molecule has 0 saturated carbocycles. The summed E-state index contributed by atoms with van der Waals surface area (Å²) in [5.41, 5.74) is -0.00500. The molecular formula is C13H24O8Si2. The normalized spacial score (nSPS) is 10.3. The van der Waals surface area contributed by atoms with E-state index < -0.39 is 42.4 Å². The molecule has 0 fully saturated rings. The molecule has 23 heavy (non-hydrogen) atoms. The van der Waals surface area contributed by atoms with E-state index in [1.165, 1.54) is 0 Å². The molecule has 132 valence electrons. The molecule has 0 saturated heterocycles. The molecule has 0 aromatic rings. The van der Waals surface area contributed by atoms with Crippen molar-refractivity contribution in [2.45, 2.75) is 59.0 Å². The first-order chi connectivity index (χ1) is 10.9. The average molecular weight is 364 g/mol. The van der Waals surface area contributed by atoms with Crippen LogP contribution in [-0.2, 0) is 36.9 Å². The van der Waals surface area contributed by atoms with Gasteiger partial charge >= 0.3 is 18.6 Å². The third kappa shape index (κ3) is 9.84. The molecule has 0 radical (unpaired) electrons. The molecule has 0 spiro atoms. The van der Waals surface area contributed by atoms with Crippen molar-refractivity contribution >= 4 is 42.4 Å². The number of carbonyl (C=O) groups is 4. The van der Waals surface area contributed by atoms with E-state index in [0.717, 1.165) is 0 Å². The fourth-order valence-corrected chi connectivity index (χ4v) is 6.05. The van der Waals surface area contributed by atoms with Crippen molar-refractivity contribution in [2.75, 3.05) is 0 Å². The van der Waals surface area contributed by atoms with Gasteiger partial charge in [-0.2, -0.15) is 0 Å². The number of hydrogen-bond donors (Lipinski definition) is 0.